The Labute approximate surface area is 204 Å². The summed E-state index contributed by atoms with van der Waals surface area (Å²) < 4.78 is 27.1. The molecule has 6 nitrogen and oxygen atoms in total. The number of carbonyl (C=O) groups excluding carboxylic acids is 1. The van der Waals surface area contributed by atoms with Crippen molar-refractivity contribution in [3.8, 4) is 28.7 Å². The van der Waals surface area contributed by atoms with E-state index in [1.807, 2.05) is 36.4 Å². The lowest BCUT2D eigenvalue weighted by molar-refractivity contribution is 0.0728. The van der Waals surface area contributed by atoms with Gasteiger partial charge in [-0.05, 0) is 46.2 Å². The number of fused-ring (bicyclic) bond motifs is 1. The molecule has 4 rings (SSSR count). The lowest BCUT2D eigenvalue weighted by atomic mass is 10.0. The van der Waals surface area contributed by atoms with Gasteiger partial charge in [-0.3, -0.25) is 0 Å². The molecule has 0 saturated carbocycles. The molecule has 0 saturated heterocycles. The predicted molar refractivity (Wildman–Crippen MR) is 137 cm³/mol. The Morgan fingerprint density at radius 2 is 1.34 bits per heavy atom. The summed E-state index contributed by atoms with van der Waals surface area (Å²) in [6, 6.07) is 22.9. The van der Waals surface area contributed by atoms with Crippen LogP contribution in [0.4, 0.5) is 0 Å². The summed E-state index contributed by atoms with van der Waals surface area (Å²) in [4.78, 5) is 12.9. The third-order valence-corrected chi connectivity index (χ3v) is 5.57. The Morgan fingerprint density at radius 1 is 0.657 bits per heavy atom. The molecule has 0 bridgehead atoms. The summed E-state index contributed by atoms with van der Waals surface area (Å²) in [6.45, 7) is 0. The molecule has 0 spiro atoms. The monoisotopic (exact) mass is 470 g/mol. The van der Waals surface area contributed by atoms with Crippen LogP contribution in [0.2, 0.25) is 0 Å². The maximum absolute atomic E-state index is 12.9. The molecule has 0 amide bonds. The van der Waals surface area contributed by atoms with Crippen LogP contribution in [-0.4, -0.2) is 34.4 Å². The number of hydrogen-bond acceptors (Lipinski definition) is 6. The molecular weight excluding hydrogens is 444 g/mol. The first kappa shape index (κ1) is 23.7. The molecule has 0 atom stereocenters. The van der Waals surface area contributed by atoms with Gasteiger partial charge in [-0.25, -0.2) is 4.79 Å². The number of ether oxygens (including phenoxy) is 5. The number of benzene rings is 4. The van der Waals surface area contributed by atoms with Crippen LogP contribution in [0.5, 0.6) is 28.7 Å². The van der Waals surface area contributed by atoms with Crippen molar-refractivity contribution in [1.29, 1.82) is 0 Å². The standard InChI is InChI=1S/C29H26O6/c1-31-25-16-19(12-14-21-10-7-9-20-8-5-6-11-23(20)21)13-15-24(25)35-29(30)22-17-26(32-2)28(34-4)27(18-22)33-3/h5-18H,1-4H3. The van der Waals surface area contributed by atoms with E-state index in [2.05, 4.69) is 30.3 Å². The highest BCUT2D eigenvalue weighted by atomic mass is 16.6. The molecule has 35 heavy (non-hydrogen) atoms. The Kier molecular flexibility index (Phi) is 7.21. The zero-order valence-electron chi connectivity index (χ0n) is 20.0. The van der Waals surface area contributed by atoms with Crippen molar-refractivity contribution >= 4 is 28.9 Å². The second-order valence-electron chi connectivity index (χ2n) is 7.62. The van der Waals surface area contributed by atoms with Crippen molar-refractivity contribution in [3.05, 3.63) is 89.5 Å². The van der Waals surface area contributed by atoms with E-state index in [0.717, 1.165) is 11.1 Å². The summed E-state index contributed by atoms with van der Waals surface area (Å²) in [7, 11) is 6.00. The van der Waals surface area contributed by atoms with Crippen LogP contribution in [0.15, 0.2) is 72.8 Å². The number of carbonyl (C=O) groups is 1. The summed E-state index contributed by atoms with van der Waals surface area (Å²) >= 11 is 0. The Morgan fingerprint density at radius 3 is 2.03 bits per heavy atom. The van der Waals surface area contributed by atoms with Crippen LogP contribution < -0.4 is 23.7 Å². The van der Waals surface area contributed by atoms with Gasteiger partial charge in [0.2, 0.25) is 5.75 Å². The van der Waals surface area contributed by atoms with Gasteiger partial charge in [0.1, 0.15) is 0 Å². The van der Waals surface area contributed by atoms with Crippen LogP contribution in [-0.2, 0) is 0 Å². The molecule has 0 aliphatic rings. The molecule has 0 radical (unpaired) electrons. The first-order valence-corrected chi connectivity index (χ1v) is 10.9. The lowest BCUT2D eigenvalue weighted by Crippen LogP contribution is -2.10. The van der Waals surface area contributed by atoms with Gasteiger partial charge < -0.3 is 23.7 Å². The van der Waals surface area contributed by atoms with E-state index in [9.17, 15) is 4.79 Å². The highest BCUT2D eigenvalue weighted by Crippen LogP contribution is 2.39. The van der Waals surface area contributed by atoms with E-state index in [-0.39, 0.29) is 5.56 Å². The Bertz CT molecular complexity index is 1360. The largest absolute Gasteiger partial charge is 0.493 e. The highest BCUT2D eigenvalue weighted by Gasteiger charge is 2.19. The SMILES string of the molecule is COc1cc(C=Cc2cccc3ccccc23)ccc1OC(=O)c1cc(OC)c(OC)c(OC)c1. The molecule has 0 aliphatic heterocycles. The molecule has 0 fully saturated rings. The van der Waals surface area contributed by atoms with Crippen molar-refractivity contribution in [2.45, 2.75) is 0 Å². The quantitative estimate of drug-likeness (QED) is 0.172. The Hall–Kier alpha value is -4.45. The van der Waals surface area contributed by atoms with Crippen molar-refractivity contribution in [1.82, 2.24) is 0 Å². The average molecular weight is 471 g/mol. The second-order valence-corrected chi connectivity index (χ2v) is 7.62. The molecule has 0 aliphatic carbocycles. The third-order valence-electron chi connectivity index (χ3n) is 5.57. The van der Waals surface area contributed by atoms with Crippen LogP contribution >= 0.6 is 0 Å². The van der Waals surface area contributed by atoms with Crippen molar-refractivity contribution in [2.24, 2.45) is 0 Å². The predicted octanol–water partition coefficient (Wildman–Crippen LogP) is 6.26. The molecule has 4 aromatic rings. The van der Waals surface area contributed by atoms with Gasteiger partial charge in [0, 0.05) is 0 Å². The summed E-state index contributed by atoms with van der Waals surface area (Å²) in [5.74, 6) is 1.27. The van der Waals surface area contributed by atoms with Crippen molar-refractivity contribution in [2.75, 3.05) is 28.4 Å². The van der Waals surface area contributed by atoms with E-state index in [0.29, 0.717) is 28.7 Å². The van der Waals surface area contributed by atoms with E-state index in [4.69, 9.17) is 23.7 Å². The Balaban J connectivity index is 1.58. The second kappa shape index (κ2) is 10.7. The first-order chi connectivity index (χ1) is 17.1. The number of esters is 1. The molecule has 0 heterocycles. The van der Waals surface area contributed by atoms with Crippen LogP contribution in [0.25, 0.3) is 22.9 Å². The van der Waals surface area contributed by atoms with E-state index >= 15 is 0 Å². The average Bonchev–Trinajstić information content (AvgIpc) is 2.91. The molecule has 4 aromatic carbocycles. The van der Waals surface area contributed by atoms with E-state index < -0.39 is 5.97 Å². The fourth-order valence-electron chi connectivity index (χ4n) is 3.81. The minimum atomic E-state index is -0.582. The lowest BCUT2D eigenvalue weighted by Gasteiger charge is -2.14. The maximum Gasteiger partial charge on any atom is 0.343 e. The van der Waals surface area contributed by atoms with Crippen molar-refractivity contribution < 1.29 is 28.5 Å². The molecular formula is C29H26O6. The summed E-state index contributed by atoms with van der Waals surface area (Å²) in [6.07, 6.45) is 4.05. The van der Waals surface area contributed by atoms with Gasteiger partial charge in [-0.1, -0.05) is 60.7 Å². The van der Waals surface area contributed by atoms with Crippen LogP contribution in [0.3, 0.4) is 0 Å². The number of rotatable bonds is 8. The molecule has 6 heteroatoms. The van der Waals surface area contributed by atoms with Gasteiger partial charge in [0.15, 0.2) is 23.0 Å². The summed E-state index contributed by atoms with van der Waals surface area (Å²) in [5, 5.41) is 2.36. The first-order valence-electron chi connectivity index (χ1n) is 10.9. The molecule has 0 unspecified atom stereocenters. The maximum atomic E-state index is 12.9. The van der Waals surface area contributed by atoms with Gasteiger partial charge in [-0.2, -0.15) is 0 Å². The van der Waals surface area contributed by atoms with Crippen LogP contribution in [0.1, 0.15) is 21.5 Å². The zero-order valence-corrected chi connectivity index (χ0v) is 20.0. The van der Waals surface area contributed by atoms with Gasteiger partial charge in [-0.15, -0.1) is 0 Å². The van der Waals surface area contributed by atoms with Gasteiger partial charge in [0.05, 0.1) is 34.0 Å². The minimum absolute atomic E-state index is 0.251. The third kappa shape index (κ3) is 5.06. The van der Waals surface area contributed by atoms with Gasteiger partial charge in [0.25, 0.3) is 0 Å². The highest BCUT2D eigenvalue weighted by molar-refractivity contribution is 5.94. The fourth-order valence-corrected chi connectivity index (χ4v) is 3.81. The fraction of sp³-hybridized carbons (Fsp3) is 0.138. The van der Waals surface area contributed by atoms with Gasteiger partial charge >= 0.3 is 5.97 Å². The number of methoxy groups -OCH3 is 4. The molecule has 178 valence electrons. The normalized spacial score (nSPS) is 10.9. The van der Waals surface area contributed by atoms with Crippen LogP contribution in [0, 0.1) is 0 Å². The summed E-state index contributed by atoms with van der Waals surface area (Å²) in [5.41, 5.74) is 2.27. The van der Waals surface area contributed by atoms with E-state index in [1.165, 1.54) is 51.3 Å². The van der Waals surface area contributed by atoms with E-state index in [1.54, 1.807) is 6.07 Å². The number of hydrogen-bond donors (Lipinski definition) is 0. The molecule has 0 N–H and O–H groups in total. The topological polar surface area (TPSA) is 63.2 Å². The smallest absolute Gasteiger partial charge is 0.343 e. The zero-order chi connectivity index (χ0) is 24.8. The van der Waals surface area contributed by atoms with Crippen molar-refractivity contribution in [3.63, 3.8) is 0 Å². The minimum Gasteiger partial charge on any atom is -0.493 e. The molecule has 0 aromatic heterocycles.